The number of hydrogen-bond acceptors (Lipinski definition) is 3. The molecular weight excluding hydrogens is 294 g/mol. The van der Waals surface area contributed by atoms with E-state index in [1.165, 1.54) is 23.0 Å². The molecule has 0 bridgehead atoms. The van der Waals surface area contributed by atoms with Gasteiger partial charge in [0.15, 0.2) is 0 Å². The third kappa shape index (κ3) is 1.99. The van der Waals surface area contributed by atoms with Gasteiger partial charge in [-0.1, -0.05) is 12.2 Å². The Morgan fingerprint density at radius 2 is 2.39 bits per heavy atom. The number of fused-ring (bicyclic) bond motifs is 3. The van der Waals surface area contributed by atoms with Crippen molar-refractivity contribution >= 4 is 21.8 Å². The van der Waals surface area contributed by atoms with Crippen LogP contribution in [0, 0.1) is 0 Å². The van der Waals surface area contributed by atoms with Crippen molar-refractivity contribution in [2.75, 3.05) is 19.6 Å². The number of halogens is 1. The standard InChI is InChI=1S/C13H18BrN3O/c14-10-4-1-5-11-13(10)17-6-2-3-9(17)7-16(11)8-12(15)18/h1,4,9,11H,2-3,5-8H2,(H2,15,18)/t9-,11-/m0/s1. The molecule has 0 aromatic heterocycles. The van der Waals surface area contributed by atoms with Crippen LogP contribution in [0.25, 0.3) is 0 Å². The molecule has 2 fully saturated rings. The van der Waals surface area contributed by atoms with Gasteiger partial charge in [-0.15, -0.1) is 0 Å². The molecule has 0 radical (unpaired) electrons. The number of piperazine rings is 1. The Bertz CT molecular complexity index is 432. The molecule has 3 rings (SSSR count). The molecule has 18 heavy (non-hydrogen) atoms. The molecule has 2 N–H and O–H groups in total. The maximum absolute atomic E-state index is 11.2. The number of hydrogen-bond donors (Lipinski definition) is 1. The van der Waals surface area contributed by atoms with Gasteiger partial charge in [-0.3, -0.25) is 9.69 Å². The molecule has 2 heterocycles. The number of primary amides is 1. The van der Waals surface area contributed by atoms with E-state index in [1.54, 1.807) is 0 Å². The number of nitrogens with zero attached hydrogens (tertiary/aromatic N) is 2. The summed E-state index contributed by atoms with van der Waals surface area (Å²) in [6.45, 7) is 2.47. The average Bonchev–Trinajstić information content (AvgIpc) is 2.76. The topological polar surface area (TPSA) is 49.6 Å². The highest BCUT2D eigenvalue weighted by molar-refractivity contribution is 9.11. The first-order valence-corrected chi connectivity index (χ1v) is 7.31. The van der Waals surface area contributed by atoms with Crippen molar-refractivity contribution in [1.29, 1.82) is 0 Å². The molecule has 0 aromatic carbocycles. The molecule has 2 aliphatic heterocycles. The molecule has 0 saturated carbocycles. The summed E-state index contributed by atoms with van der Waals surface area (Å²) in [4.78, 5) is 16.0. The molecule has 0 spiro atoms. The van der Waals surface area contributed by atoms with E-state index in [9.17, 15) is 4.79 Å². The van der Waals surface area contributed by atoms with Gasteiger partial charge in [-0.05, 0) is 35.2 Å². The van der Waals surface area contributed by atoms with E-state index in [0.717, 1.165) is 19.5 Å². The van der Waals surface area contributed by atoms with E-state index in [0.29, 0.717) is 18.6 Å². The predicted molar refractivity (Wildman–Crippen MR) is 74.0 cm³/mol. The molecule has 98 valence electrons. The molecule has 4 nitrogen and oxygen atoms in total. The van der Waals surface area contributed by atoms with Crippen LogP contribution in [0.15, 0.2) is 22.3 Å². The van der Waals surface area contributed by atoms with Gasteiger partial charge in [0.25, 0.3) is 0 Å². The second-order valence-electron chi connectivity index (χ2n) is 5.27. The van der Waals surface area contributed by atoms with Crippen LogP contribution in [0.3, 0.4) is 0 Å². The average molecular weight is 312 g/mol. The monoisotopic (exact) mass is 311 g/mol. The van der Waals surface area contributed by atoms with E-state index in [4.69, 9.17) is 5.73 Å². The van der Waals surface area contributed by atoms with Crippen molar-refractivity contribution in [3.05, 3.63) is 22.3 Å². The third-order valence-corrected chi connectivity index (χ3v) is 4.79. The summed E-state index contributed by atoms with van der Waals surface area (Å²) in [5.74, 6) is -0.230. The smallest absolute Gasteiger partial charge is 0.231 e. The highest BCUT2D eigenvalue weighted by atomic mass is 79.9. The lowest BCUT2D eigenvalue weighted by molar-refractivity contribution is -0.120. The van der Waals surface area contributed by atoms with Gasteiger partial charge >= 0.3 is 0 Å². The zero-order chi connectivity index (χ0) is 12.7. The Morgan fingerprint density at radius 3 is 3.17 bits per heavy atom. The van der Waals surface area contributed by atoms with Crippen LogP contribution >= 0.6 is 15.9 Å². The maximum atomic E-state index is 11.2. The van der Waals surface area contributed by atoms with Crippen LogP contribution in [0.4, 0.5) is 0 Å². The summed E-state index contributed by atoms with van der Waals surface area (Å²) in [6.07, 6.45) is 7.74. The molecule has 3 aliphatic rings. The van der Waals surface area contributed by atoms with Gasteiger partial charge < -0.3 is 10.6 Å². The number of allylic oxidation sites excluding steroid dienone is 2. The minimum absolute atomic E-state index is 0.230. The van der Waals surface area contributed by atoms with Crippen molar-refractivity contribution in [2.45, 2.75) is 31.3 Å². The van der Waals surface area contributed by atoms with Crippen molar-refractivity contribution in [3.8, 4) is 0 Å². The van der Waals surface area contributed by atoms with Crippen LogP contribution in [-0.4, -0.2) is 47.4 Å². The zero-order valence-corrected chi connectivity index (χ0v) is 11.9. The lowest BCUT2D eigenvalue weighted by atomic mass is 9.96. The van der Waals surface area contributed by atoms with Gasteiger partial charge in [-0.2, -0.15) is 0 Å². The molecule has 2 atom stereocenters. The minimum atomic E-state index is -0.230. The van der Waals surface area contributed by atoms with Crippen LogP contribution in [0.1, 0.15) is 19.3 Å². The highest BCUT2D eigenvalue weighted by Crippen LogP contribution is 2.38. The van der Waals surface area contributed by atoms with Crippen molar-refractivity contribution in [2.24, 2.45) is 5.73 Å². The summed E-state index contributed by atoms with van der Waals surface area (Å²) < 4.78 is 1.17. The summed E-state index contributed by atoms with van der Waals surface area (Å²) in [5.41, 5.74) is 6.73. The molecule has 0 unspecified atom stereocenters. The van der Waals surface area contributed by atoms with Gasteiger partial charge in [0.1, 0.15) is 0 Å². The number of carbonyl (C=O) groups is 1. The summed E-state index contributed by atoms with van der Waals surface area (Å²) >= 11 is 3.67. The first-order valence-electron chi connectivity index (χ1n) is 6.52. The summed E-state index contributed by atoms with van der Waals surface area (Å²) in [7, 11) is 0. The Morgan fingerprint density at radius 1 is 1.56 bits per heavy atom. The Balaban J connectivity index is 1.93. The number of nitrogens with two attached hydrogens (primary N) is 1. The normalized spacial score (nSPS) is 31.5. The molecule has 1 amide bonds. The van der Waals surface area contributed by atoms with Crippen molar-refractivity contribution in [1.82, 2.24) is 9.80 Å². The molecule has 5 heteroatoms. The fourth-order valence-electron chi connectivity index (χ4n) is 3.42. The number of carbonyl (C=O) groups excluding carboxylic acids is 1. The first-order chi connectivity index (χ1) is 8.66. The van der Waals surface area contributed by atoms with E-state index >= 15 is 0 Å². The SMILES string of the molecule is NC(=O)CN1C[C@@H]2CCCN2C2=C(Br)C=CC[C@@H]21. The molecule has 2 saturated heterocycles. The van der Waals surface area contributed by atoms with Crippen LogP contribution in [-0.2, 0) is 4.79 Å². The Hall–Kier alpha value is -0.810. The highest BCUT2D eigenvalue weighted by Gasteiger charge is 2.41. The van der Waals surface area contributed by atoms with Crippen molar-refractivity contribution in [3.63, 3.8) is 0 Å². The Labute approximate surface area is 116 Å². The second kappa shape index (κ2) is 4.70. The van der Waals surface area contributed by atoms with Crippen LogP contribution in [0.2, 0.25) is 0 Å². The Kier molecular flexibility index (Phi) is 3.20. The second-order valence-corrected chi connectivity index (χ2v) is 6.13. The van der Waals surface area contributed by atoms with Gasteiger partial charge in [-0.25, -0.2) is 0 Å². The van der Waals surface area contributed by atoms with Gasteiger partial charge in [0.2, 0.25) is 5.91 Å². The molecule has 1 aliphatic carbocycles. The van der Waals surface area contributed by atoms with E-state index < -0.39 is 0 Å². The number of rotatable bonds is 2. The van der Waals surface area contributed by atoms with Gasteiger partial charge in [0, 0.05) is 29.3 Å². The summed E-state index contributed by atoms with van der Waals surface area (Å²) in [6, 6.07) is 0.862. The van der Waals surface area contributed by atoms with E-state index in [1.807, 2.05) is 0 Å². The van der Waals surface area contributed by atoms with Gasteiger partial charge in [0.05, 0.1) is 12.6 Å². The number of amides is 1. The predicted octanol–water partition coefficient (Wildman–Crippen LogP) is 1.19. The molecule has 0 aromatic rings. The van der Waals surface area contributed by atoms with Crippen LogP contribution in [0.5, 0.6) is 0 Å². The zero-order valence-electron chi connectivity index (χ0n) is 10.3. The van der Waals surface area contributed by atoms with Crippen LogP contribution < -0.4 is 5.73 Å². The quantitative estimate of drug-likeness (QED) is 0.833. The fraction of sp³-hybridized carbons (Fsp3) is 0.615. The van der Waals surface area contributed by atoms with E-state index in [-0.39, 0.29) is 5.91 Å². The van der Waals surface area contributed by atoms with E-state index in [2.05, 4.69) is 37.9 Å². The largest absolute Gasteiger partial charge is 0.369 e. The first kappa shape index (κ1) is 12.2. The maximum Gasteiger partial charge on any atom is 0.231 e. The lowest BCUT2D eigenvalue weighted by Crippen LogP contribution is -2.56. The minimum Gasteiger partial charge on any atom is -0.369 e. The van der Waals surface area contributed by atoms with Crippen molar-refractivity contribution < 1.29 is 4.79 Å². The third-order valence-electron chi connectivity index (χ3n) is 4.12. The lowest BCUT2D eigenvalue weighted by Gasteiger charge is -2.47. The summed E-state index contributed by atoms with van der Waals surface area (Å²) in [5, 5.41) is 0. The molecular formula is C13H18BrN3O. The fourth-order valence-corrected chi connectivity index (χ4v) is 4.10.